The highest BCUT2D eigenvalue weighted by Gasteiger charge is 2.37. The molecule has 2 aliphatic rings. The molecule has 8 heteroatoms. The smallest absolute Gasteiger partial charge is 0.286 e. The van der Waals surface area contributed by atoms with Gasteiger partial charge in [0, 0.05) is 26.2 Å². The van der Waals surface area contributed by atoms with Gasteiger partial charge in [0.25, 0.3) is 5.24 Å². The number of carbonyl (C=O) groups excluding carboxylic acids is 3. The van der Waals surface area contributed by atoms with Crippen LogP contribution in [0, 0.1) is 0 Å². The van der Waals surface area contributed by atoms with Gasteiger partial charge in [-0.05, 0) is 29.7 Å². The molecular weight excluding hydrogens is 394 g/mol. The number of carbonyl (C=O) groups is 3. The minimum atomic E-state index is -1.24. The molecule has 1 heterocycles. The molecule has 7 nitrogen and oxygen atoms in total. The lowest BCUT2D eigenvalue weighted by atomic mass is 9.96. The average molecular weight is 415 g/mol. The summed E-state index contributed by atoms with van der Waals surface area (Å²) in [5.74, 6) is -1.74. The van der Waals surface area contributed by atoms with Crippen LogP contribution in [0.3, 0.4) is 0 Å². The molecule has 1 aliphatic carbocycles. The van der Waals surface area contributed by atoms with E-state index in [0.717, 1.165) is 22.9 Å². The predicted molar refractivity (Wildman–Crippen MR) is 109 cm³/mol. The van der Waals surface area contributed by atoms with Gasteiger partial charge in [0.05, 0.1) is 5.25 Å². The number of methoxy groups -OCH3 is 2. The number of thioether (sulfide) groups is 1. The van der Waals surface area contributed by atoms with Crippen molar-refractivity contribution in [1.29, 1.82) is 0 Å². The third-order valence-corrected chi connectivity index (χ3v) is 5.80. The Morgan fingerprint density at radius 3 is 2.52 bits per heavy atom. The number of hydrogen-bond donors (Lipinski definition) is 2. The monoisotopic (exact) mass is 415 g/mol. The first-order valence-electron chi connectivity index (χ1n) is 8.90. The van der Waals surface area contributed by atoms with Gasteiger partial charge in [0.1, 0.15) is 0 Å². The summed E-state index contributed by atoms with van der Waals surface area (Å²) >= 11 is 0.980. The number of allylic oxidation sites excluding steroid dienone is 4. The van der Waals surface area contributed by atoms with Crippen LogP contribution in [0.5, 0.6) is 0 Å². The molecule has 152 valence electrons. The van der Waals surface area contributed by atoms with E-state index in [4.69, 9.17) is 9.47 Å². The van der Waals surface area contributed by atoms with E-state index in [1.807, 2.05) is 0 Å². The van der Waals surface area contributed by atoms with Crippen molar-refractivity contribution in [2.24, 2.45) is 0 Å². The molecule has 2 N–H and O–H groups in total. The highest BCUT2D eigenvalue weighted by atomic mass is 32.2. The van der Waals surface area contributed by atoms with Crippen LogP contribution < -0.4 is 5.32 Å². The summed E-state index contributed by atoms with van der Waals surface area (Å²) in [5, 5.41) is 11.5. The minimum absolute atomic E-state index is 0.0302. The fourth-order valence-electron chi connectivity index (χ4n) is 3.11. The van der Waals surface area contributed by atoms with Gasteiger partial charge in [-0.1, -0.05) is 48.2 Å². The molecule has 0 spiro atoms. The zero-order valence-electron chi connectivity index (χ0n) is 16.0. The molecule has 3 rings (SSSR count). The number of rotatable bonds is 7. The summed E-state index contributed by atoms with van der Waals surface area (Å²) in [6, 6.07) is 6.94. The van der Waals surface area contributed by atoms with Crippen molar-refractivity contribution >= 4 is 28.7 Å². The first-order chi connectivity index (χ1) is 13.9. The number of aliphatic hydroxyl groups excluding tert-OH is 1. The molecule has 1 unspecified atom stereocenters. The van der Waals surface area contributed by atoms with Crippen molar-refractivity contribution in [1.82, 2.24) is 5.32 Å². The molecule has 29 heavy (non-hydrogen) atoms. The summed E-state index contributed by atoms with van der Waals surface area (Å²) in [6.07, 6.45) is 6.99. The average Bonchev–Trinajstić information content (AvgIpc) is 3.04. The van der Waals surface area contributed by atoms with Crippen molar-refractivity contribution in [3.63, 3.8) is 0 Å². The van der Waals surface area contributed by atoms with Gasteiger partial charge < -0.3 is 14.6 Å². The number of amides is 2. The third kappa shape index (κ3) is 4.67. The van der Waals surface area contributed by atoms with E-state index in [1.165, 1.54) is 26.4 Å². The van der Waals surface area contributed by atoms with Crippen LogP contribution in [0.1, 0.15) is 22.3 Å². The van der Waals surface area contributed by atoms with Crippen molar-refractivity contribution in [3.8, 4) is 0 Å². The fraction of sp³-hybridized carbons (Fsp3) is 0.286. The van der Waals surface area contributed by atoms with E-state index in [1.54, 1.807) is 36.4 Å². The molecule has 1 aliphatic heterocycles. The zero-order chi connectivity index (χ0) is 21.0. The molecule has 1 saturated heterocycles. The lowest BCUT2D eigenvalue weighted by molar-refractivity contribution is -0.196. The Morgan fingerprint density at radius 1 is 1.24 bits per heavy atom. The van der Waals surface area contributed by atoms with Crippen LogP contribution in [0.2, 0.25) is 0 Å². The molecule has 0 radical (unpaired) electrons. The van der Waals surface area contributed by atoms with Gasteiger partial charge in [-0.25, -0.2) is 0 Å². The van der Waals surface area contributed by atoms with Gasteiger partial charge in [-0.3, -0.25) is 19.7 Å². The summed E-state index contributed by atoms with van der Waals surface area (Å²) in [5.41, 5.74) is 2.14. The molecule has 2 amide bonds. The molecule has 0 saturated carbocycles. The van der Waals surface area contributed by atoms with Gasteiger partial charge in [-0.2, -0.15) is 0 Å². The minimum Gasteiger partial charge on any atom is -0.507 e. The number of hydrogen-bond acceptors (Lipinski definition) is 7. The lowest BCUT2D eigenvalue weighted by Gasteiger charge is -2.32. The Bertz CT molecular complexity index is 912. The number of imide groups is 1. The van der Waals surface area contributed by atoms with Crippen molar-refractivity contribution in [2.45, 2.75) is 23.9 Å². The van der Waals surface area contributed by atoms with Gasteiger partial charge in [-0.15, -0.1) is 0 Å². The van der Waals surface area contributed by atoms with Crippen LogP contribution in [0.4, 0.5) is 4.79 Å². The highest BCUT2D eigenvalue weighted by molar-refractivity contribution is 8.15. The Hall–Kier alpha value is -2.68. The summed E-state index contributed by atoms with van der Waals surface area (Å²) in [6.45, 7) is 0. The molecule has 1 atom stereocenters. The van der Waals surface area contributed by atoms with Crippen molar-refractivity contribution in [3.05, 3.63) is 71.0 Å². The maximum atomic E-state index is 12.4. The van der Waals surface area contributed by atoms with E-state index < -0.39 is 11.0 Å². The fourth-order valence-corrected chi connectivity index (χ4v) is 3.97. The van der Waals surface area contributed by atoms with Crippen molar-refractivity contribution in [2.75, 3.05) is 14.2 Å². The maximum Gasteiger partial charge on any atom is 0.286 e. The maximum absolute atomic E-state index is 12.4. The Kier molecular flexibility index (Phi) is 6.36. The normalized spacial score (nSPS) is 21.1. The zero-order valence-corrected chi connectivity index (χ0v) is 16.8. The lowest BCUT2D eigenvalue weighted by Crippen LogP contribution is -2.37. The van der Waals surface area contributed by atoms with E-state index in [2.05, 4.69) is 5.32 Å². The number of benzene rings is 1. The second kappa shape index (κ2) is 8.77. The molecular formula is C21H21NO6S. The molecule has 0 aromatic heterocycles. The van der Waals surface area contributed by atoms with E-state index in [0.29, 0.717) is 12.0 Å². The number of aliphatic hydroxyl groups is 1. The molecule has 1 fully saturated rings. The molecule has 1 aromatic rings. The molecule has 1 aromatic carbocycles. The number of ketones is 1. The van der Waals surface area contributed by atoms with E-state index in [-0.39, 0.29) is 29.1 Å². The highest BCUT2D eigenvalue weighted by Crippen LogP contribution is 2.32. The summed E-state index contributed by atoms with van der Waals surface area (Å²) in [4.78, 5) is 35.3. The van der Waals surface area contributed by atoms with Crippen LogP contribution in [-0.2, 0) is 20.7 Å². The first-order valence-corrected chi connectivity index (χ1v) is 9.78. The van der Waals surface area contributed by atoms with Crippen LogP contribution >= 0.6 is 11.8 Å². The van der Waals surface area contributed by atoms with Gasteiger partial charge in [0.15, 0.2) is 11.5 Å². The third-order valence-electron chi connectivity index (χ3n) is 4.82. The predicted octanol–water partition coefficient (Wildman–Crippen LogP) is 3.08. The first kappa shape index (κ1) is 21.0. The second-order valence-corrected chi connectivity index (χ2v) is 7.79. The Balaban J connectivity index is 1.64. The van der Waals surface area contributed by atoms with Crippen LogP contribution in [-0.4, -0.2) is 47.3 Å². The van der Waals surface area contributed by atoms with Crippen LogP contribution in [0.25, 0.3) is 0 Å². The summed E-state index contributed by atoms with van der Waals surface area (Å²) in [7, 11) is 2.88. The number of ether oxygens (including phenoxy) is 2. The van der Waals surface area contributed by atoms with Crippen molar-refractivity contribution < 1.29 is 29.0 Å². The SMILES string of the molecule is COC1(OC)CC(/C=C/C(=O)c2ccc(CC3SC(=O)NC3=O)cc2)=CC=C1O. The van der Waals surface area contributed by atoms with E-state index >= 15 is 0 Å². The summed E-state index contributed by atoms with van der Waals surface area (Å²) < 4.78 is 10.6. The van der Waals surface area contributed by atoms with Crippen LogP contribution in [0.15, 0.2) is 59.9 Å². The van der Waals surface area contributed by atoms with Gasteiger partial charge >= 0.3 is 0 Å². The van der Waals surface area contributed by atoms with Gasteiger partial charge in [0.2, 0.25) is 11.7 Å². The van der Waals surface area contributed by atoms with E-state index in [9.17, 15) is 19.5 Å². The Morgan fingerprint density at radius 2 is 1.93 bits per heavy atom. The topological polar surface area (TPSA) is 102 Å². The second-order valence-electron chi connectivity index (χ2n) is 6.61. The standard InChI is InChI=1S/C21H21NO6S/c1-27-21(28-2)12-14(6-10-18(21)24)5-9-16(23)15-7-3-13(4-8-15)11-17-19(25)22-20(26)29-17/h3-10,17,24H,11-12H2,1-2H3,(H,22,25,26)/b9-5+. The quantitative estimate of drug-likeness (QED) is 0.401. The molecule has 0 bridgehead atoms. The number of nitrogens with one attached hydrogen (secondary N) is 1. The largest absolute Gasteiger partial charge is 0.507 e. The Labute approximate surface area is 172 Å².